The number of likely N-dealkylation sites (tertiary alicyclic amines) is 1. The molecule has 3 heterocycles. The van der Waals surface area contributed by atoms with Gasteiger partial charge in [-0.15, -0.1) is 0 Å². The third-order valence-electron chi connectivity index (χ3n) is 5.80. The molecule has 2 fully saturated rings. The van der Waals surface area contributed by atoms with Gasteiger partial charge < -0.3 is 24.9 Å². The Morgan fingerprint density at radius 1 is 1.28 bits per heavy atom. The van der Waals surface area contributed by atoms with Gasteiger partial charge in [-0.3, -0.25) is 4.79 Å². The van der Waals surface area contributed by atoms with E-state index in [0.29, 0.717) is 11.7 Å². The van der Waals surface area contributed by atoms with Crippen molar-refractivity contribution in [2.45, 2.75) is 70.9 Å². The molecule has 2 saturated heterocycles. The monoisotopic (exact) mass is 441 g/mol. The Morgan fingerprint density at radius 3 is 2.56 bits per heavy atom. The van der Waals surface area contributed by atoms with E-state index in [1.807, 2.05) is 18.2 Å². The number of hydrogen-bond donors (Lipinski definition) is 2. The maximum Gasteiger partial charge on any atom is 0.230 e. The zero-order valence-electron chi connectivity index (χ0n) is 19.6. The van der Waals surface area contributed by atoms with Crippen LogP contribution in [0.3, 0.4) is 0 Å². The van der Waals surface area contributed by atoms with Crippen molar-refractivity contribution in [3.63, 3.8) is 0 Å². The topological polar surface area (TPSA) is 104 Å². The fourth-order valence-electron chi connectivity index (χ4n) is 3.95. The van der Waals surface area contributed by atoms with E-state index >= 15 is 0 Å². The molecule has 0 saturated carbocycles. The predicted molar refractivity (Wildman–Crippen MR) is 125 cm³/mol. The van der Waals surface area contributed by atoms with Crippen LogP contribution < -0.4 is 5.32 Å². The summed E-state index contributed by atoms with van der Waals surface area (Å²) >= 11 is 0. The van der Waals surface area contributed by atoms with E-state index in [4.69, 9.17) is 14.7 Å². The van der Waals surface area contributed by atoms with Gasteiger partial charge in [-0.25, -0.2) is 0 Å². The van der Waals surface area contributed by atoms with Crippen molar-refractivity contribution >= 4 is 18.3 Å². The summed E-state index contributed by atoms with van der Waals surface area (Å²) in [6.45, 7) is 10.8. The largest absolute Gasteiger partial charge is 0.382 e. The summed E-state index contributed by atoms with van der Waals surface area (Å²) in [7, 11) is 0. The van der Waals surface area contributed by atoms with Crippen LogP contribution in [0.4, 0.5) is 5.69 Å². The van der Waals surface area contributed by atoms with Gasteiger partial charge in [0.25, 0.3) is 0 Å². The maximum absolute atomic E-state index is 10.8. The van der Waals surface area contributed by atoms with Gasteiger partial charge in [0, 0.05) is 54.7 Å². The van der Waals surface area contributed by atoms with E-state index in [-0.39, 0.29) is 17.6 Å². The molecule has 1 aromatic carbocycles. The van der Waals surface area contributed by atoms with E-state index in [1.54, 1.807) is 4.90 Å². The van der Waals surface area contributed by atoms with Gasteiger partial charge in [0.05, 0.1) is 5.60 Å². The van der Waals surface area contributed by atoms with Gasteiger partial charge in [0.2, 0.25) is 18.1 Å². The Kier molecular flexibility index (Phi) is 8.01. The number of amides is 1. The molecule has 174 valence electrons. The third kappa shape index (κ3) is 6.38. The van der Waals surface area contributed by atoms with E-state index in [1.165, 1.54) is 19.1 Å². The molecule has 1 aromatic heterocycles. The molecule has 0 radical (unpaired) electrons. The Morgan fingerprint density at radius 2 is 2.03 bits per heavy atom. The SMILES string of the molecule is CC(C)Nc1cc(-c2noc(C3CCN(C=O)CC3)n2)ccc1C=N.CC1(C)CCCO1. The van der Waals surface area contributed by atoms with E-state index < -0.39 is 0 Å². The number of anilines is 1. The fraction of sp³-hybridized carbons (Fsp3) is 0.583. The third-order valence-corrected chi connectivity index (χ3v) is 5.80. The van der Waals surface area contributed by atoms with Crippen molar-refractivity contribution in [1.82, 2.24) is 15.0 Å². The number of benzene rings is 1. The maximum atomic E-state index is 10.8. The molecule has 2 aromatic rings. The first kappa shape index (κ1) is 23.9. The molecule has 8 heteroatoms. The summed E-state index contributed by atoms with van der Waals surface area (Å²) in [6, 6.07) is 5.99. The highest BCUT2D eigenvalue weighted by atomic mass is 16.5. The van der Waals surface area contributed by atoms with Gasteiger partial charge in [-0.05, 0) is 59.4 Å². The Hall–Kier alpha value is -2.74. The van der Waals surface area contributed by atoms with Crippen LogP contribution >= 0.6 is 0 Å². The molecule has 8 nitrogen and oxygen atoms in total. The molecular formula is C24H35N5O3. The van der Waals surface area contributed by atoms with Crippen molar-refractivity contribution in [3.8, 4) is 11.4 Å². The van der Waals surface area contributed by atoms with E-state index in [0.717, 1.165) is 55.8 Å². The Bertz CT molecular complexity index is 893. The number of piperidine rings is 1. The normalized spacial score (nSPS) is 18.2. The highest BCUT2D eigenvalue weighted by Gasteiger charge is 2.25. The number of ether oxygens (including phenoxy) is 1. The van der Waals surface area contributed by atoms with Crippen molar-refractivity contribution in [2.24, 2.45) is 0 Å². The van der Waals surface area contributed by atoms with Crippen LogP contribution in [0.1, 0.15) is 70.8 Å². The lowest BCUT2D eigenvalue weighted by atomic mass is 9.97. The summed E-state index contributed by atoms with van der Waals surface area (Å²) < 4.78 is 10.8. The van der Waals surface area contributed by atoms with Crippen LogP contribution in [-0.4, -0.2) is 59.0 Å². The first-order chi connectivity index (χ1) is 15.3. The number of carbonyl (C=O) groups is 1. The van der Waals surface area contributed by atoms with Crippen LogP contribution in [0.2, 0.25) is 0 Å². The molecule has 0 spiro atoms. The average Bonchev–Trinajstić information content (AvgIpc) is 3.43. The molecule has 1 amide bonds. The summed E-state index contributed by atoms with van der Waals surface area (Å²) in [5.41, 5.74) is 2.75. The summed E-state index contributed by atoms with van der Waals surface area (Å²) in [5, 5.41) is 15.0. The number of carbonyl (C=O) groups excluding carboxylic acids is 1. The first-order valence-electron chi connectivity index (χ1n) is 11.4. The van der Waals surface area contributed by atoms with Gasteiger partial charge in [-0.2, -0.15) is 4.98 Å². The van der Waals surface area contributed by atoms with Crippen molar-refractivity contribution in [3.05, 3.63) is 29.7 Å². The van der Waals surface area contributed by atoms with Crippen LogP contribution in [0.25, 0.3) is 11.4 Å². The van der Waals surface area contributed by atoms with E-state index in [2.05, 4.69) is 43.2 Å². The predicted octanol–water partition coefficient (Wildman–Crippen LogP) is 4.47. The average molecular weight is 442 g/mol. The summed E-state index contributed by atoms with van der Waals surface area (Å²) in [6.07, 6.45) is 6.38. The molecular weight excluding hydrogens is 406 g/mol. The lowest BCUT2D eigenvalue weighted by Gasteiger charge is -2.26. The second-order valence-corrected chi connectivity index (χ2v) is 9.33. The van der Waals surface area contributed by atoms with Crippen LogP contribution in [-0.2, 0) is 9.53 Å². The molecule has 32 heavy (non-hydrogen) atoms. The minimum atomic E-state index is 0.194. The zero-order chi connectivity index (χ0) is 23.1. The van der Waals surface area contributed by atoms with Gasteiger partial charge in [0.1, 0.15) is 0 Å². The van der Waals surface area contributed by atoms with Gasteiger partial charge >= 0.3 is 0 Å². The van der Waals surface area contributed by atoms with Crippen LogP contribution in [0, 0.1) is 5.41 Å². The summed E-state index contributed by atoms with van der Waals surface area (Å²) in [4.78, 5) is 17.1. The number of nitrogens with zero attached hydrogens (tertiary/aromatic N) is 3. The number of nitrogens with one attached hydrogen (secondary N) is 2. The van der Waals surface area contributed by atoms with Gasteiger partial charge in [0.15, 0.2) is 0 Å². The Balaban J connectivity index is 0.000000352. The second kappa shape index (κ2) is 10.7. The highest BCUT2D eigenvalue weighted by Crippen LogP contribution is 2.29. The van der Waals surface area contributed by atoms with Crippen LogP contribution in [0.5, 0.6) is 0 Å². The molecule has 2 N–H and O–H groups in total. The summed E-state index contributed by atoms with van der Waals surface area (Å²) in [5.74, 6) is 1.39. The molecule has 4 rings (SSSR count). The zero-order valence-corrected chi connectivity index (χ0v) is 19.6. The second-order valence-electron chi connectivity index (χ2n) is 9.33. The molecule has 0 aliphatic carbocycles. The lowest BCUT2D eigenvalue weighted by molar-refractivity contribution is -0.119. The van der Waals surface area contributed by atoms with Crippen molar-refractivity contribution in [2.75, 3.05) is 25.0 Å². The fourth-order valence-corrected chi connectivity index (χ4v) is 3.95. The standard InChI is InChI=1S/C18H23N5O2.C6H12O/c1-12(2)20-16-9-14(3-4-15(16)10-19)17-21-18(25-22-17)13-5-7-23(11-24)8-6-13;1-6(2)4-3-5-7-6/h3-4,9-13,19-20H,5-8H2,1-2H3;3-5H2,1-2H3. The smallest absolute Gasteiger partial charge is 0.230 e. The molecule has 0 atom stereocenters. The number of rotatable bonds is 6. The van der Waals surface area contributed by atoms with Crippen molar-refractivity contribution < 1.29 is 14.1 Å². The number of aromatic nitrogens is 2. The van der Waals surface area contributed by atoms with Gasteiger partial charge in [-0.1, -0.05) is 17.3 Å². The molecule has 2 aliphatic rings. The quantitative estimate of drug-likeness (QED) is 0.506. The van der Waals surface area contributed by atoms with Crippen LogP contribution in [0.15, 0.2) is 22.7 Å². The minimum absolute atomic E-state index is 0.194. The van der Waals surface area contributed by atoms with Crippen molar-refractivity contribution in [1.29, 1.82) is 5.41 Å². The highest BCUT2D eigenvalue weighted by molar-refractivity contribution is 5.87. The Labute approximate surface area is 190 Å². The molecule has 0 unspecified atom stereocenters. The molecule has 2 aliphatic heterocycles. The number of hydrogen-bond acceptors (Lipinski definition) is 7. The molecule has 0 bridgehead atoms. The van der Waals surface area contributed by atoms with E-state index in [9.17, 15) is 4.79 Å². The first-order valence-corrected chi connectivity index (χ1v) is 11.4. The lowest BCUT2D eigenvalue weighted by Crippen LogP contribution is -2.31. The minimum Gasteiger partial charge on any atom is -0.382 e.